The van der Waals surface area contributed by atoms with Crippen LogP contribution in [0, 0.1) is 0 Å². The minimum atomic E-state index is -1.85. The number of amides is 1. The van der Waals surface area contributed by atoms with Crippen molar-refractivity contribution in [3.63, 3.8) is 0 Å². The van der Waals surface area contributed by atoms with E-state index >= 15 is 0 Å². The molecule has 3 rings (SSSR count). The fraction of sp³-hybridized carbons (Fsp3) is 0.182. The van der Waals surface area contributed by atoms with Gasteiger partial charge in [-0.15, -0.1) is 0 Å². The molecule has 0 heterocycles. The number of hydrogen-bond donors (Lipinski definition) is 3. The quantitative estimate of drug-likeness (QED) is 0.249. The molecule has 0 aliphatic carbocycles. The van der Waals surface area contributed by atoms with E-state index in [0.29, 0.717) is 11.4 Å². The number of thiocarbonyl (C=S) groups is 1. The van der Waals surface area contributed by atoms with Gasteiger partial charge >= 0.3 is 0 Å². The summed E-state index contributed by atoms with van der Waals surface area (Å²) < 4.78 is 3.44. The summed E-state index contributed by atoms with van der Waals surface area (Å²) in [6, 6.07) is 20.9. The van der Waals surface area contributed by atoms with E-state index in [9.17, 15) is 4.79 Å². The average molecular weight is 497 g/mol. The summed E-state index contributed by atoms with van der Waals surface area (Å²) in [5.74, 6) is 0.275. The first kappa shape index (κ1) is 23.4. The largest absolute Gasteiger partial charge is 0.495 e. The fourth-order valence-corrected chi connectivity index (χ4v) is 3.62. The van der Waals surface area contributed by atoms with Gasteiger partial charge in [0.25, 0.3) is 0 Å². The molecule has 0 unspecified atom stereocenters. The minimum Gasteiger partial charge on any atom is -0.495 e. The second kappa shape index (κ2) is 10.4. The molecule has 0 radical (unpaired) electrons. The highest BCUT2D eigenvalue weighted by Crippen LogP contribution is 2.30. The van der Waals surface area contributed by atoms with Crippen molar-refractivity contribution < 1.29 is 9.53 Å². The summed E-state index contributed by atoms with van der Waals surface area (Å²) in [6.07, 6.45) is -0.942. The zero-order valence-electron chi connectivity index (χ0n) is 16.5. The van der Waals surface area contributed by atoms with Crippen molar-refractivity contribution in [2.45, 2.75) is 16.4 Å². The van der Waals surface area contributed by atoms with Crippen molar-refractivity contribution >= 4 is 74.5 Å². The standard InChI is InChI=1S/C22H20Cl3N3O2S/c1-30-18-12-5-4-11-17(18)26-21(31)28-20(22(23,24)25)27-19(29)13-15-9-6-8-14-7-2-3-10-16(14)15/h2-12,20H,13H2,1H3,(H,27,29)(H2,26,28,31)/t20-/m0/s1. The van der Waals surface area contributed by atoms with Crippen LogP contribution in [0.5, 0.6) is 5.75 Å². The molecule has 3 aromatic carbocycles. The van der Waals surface area contributed by atoms with Crippen LogP contribution in [0.25, 0.3) is 10.8 Å². The van der Waals surface area contributed by atoms with Gasteiger partial charge in [-0.25, -0.2) is 0 Å². The van der Waals surface area contributed by atoms with Crippen molar-refractivity contribution in [1.29, 1.82) is 0 Å². The SMILES string of the molecule is COc1ccccc1NC(=S)N[C@H](NC(=O)Cc1cccc2ccccc12)C(Cl)(Cl)Cl. The Bertz CT molecular complexity index is 1080. The second-order valence-corrected chi connectivity index (χ2v) is 9.43. The van der Waals surface area contributed by atoms with Gasteiger partial charge in [-0.1, -0.05) is 89.4 Å². The number of para-hydroxylation sites is 2. The monoisotopic (exact) mass is 495 g/mol. The van der Waals surface area contributed by atoms with Crippen molar-refractivity contribution in [2.75, 3.05) is 12.4 Å². The summed E-state index contributed by atoms with van der Waals surface area (Å²) in [5, 5.41) is 10.7. The van der Waals surface area contributed by atoms with Crippen LogP contribution in [0.1, 0.15) is 5.56 Å². The van der Waals surface area contributed by atoms with Crippen LogP contribution in [0.4, 0.5) is 5.69 Å². The number of alkyl halides is 3. The van der Waals surface area contributed by atoms with Gasteiger partial charge < -0.3 is 20.7 Å². The maximum absolute atomic E-state index is 12.7. The third-order valence-corrected chi connectivity index (χ3v) is 5.37. The van der Waals surface area contributed by atoms with Crippen LogP contribution >= 0.6 is 47.0 Å². The number of halogens is 3. The molecule has 162 valence electrons. The van der Waals surface area contributed by atoms with Crippen molar-refractivity contribution in [3.05, 3.63) is 72.3 Å². The lowest BCUT2D eigenvalue weighted by Gasteiger charge is -2.28. The predicted octanol–water partition coefficient (Wildman–Crippen LogP) is 5.19. The number of rotatable bonds is 6. The maximum atomic E-state index is 12.7. The van der Waals surface area contributed by atoms with Gasteiger partial charge in [0, 0.05) is 0 Å². The van der Waals surface area contributed by atoms with Gasteiger partial charge in [0.2, 0.25) is 9.70 Å². The molecule has 0 aliphatic rings. The van der Waals surface area contributed by atoms with Crippen molar-refractivity contribution in [1.82, 2.24) is 10.6 Å². The lowest BCUT2D eigenvalue weighted by molar-refractivity contribution is -0.121. The summed E-state index contributed by atoms with van der Waals surface area (Å²) >= 11 is 23.6. The van der Waals surface area contributed by atoms with Gasteiger partial charge in [0.15, 0.2) is 5.11 Å². The zero-order valence-corrected chi connectivity index (χ0v) is 19.6. The first-order valence-electron chi connectivity index (χ1n) is 9.31. The molecule has 1 atom stereocenters. The average Bonchev–Trinajstić information content (AvgIpc) is 2.73. The highest BCUT2D eigenvalue weighted by molar-refractivity contribution is 7.80. The normalized spacial score (nSPS) is 12.1. The minimum absolute atomic E-state index is 0.118. The van der Waals surface area contributed by atoms with E-state index in [4.69, 9.17) is 51.8 Å². The Morgan fingerprint density at radius 2 is 1.68 bits per heavy atom. The van der Waals surface area contributed by atoms with Crippen LogP contribution in [-0.4, -0.2) is 28.1 Å². The van der Waals surface area contributed by atoms with E-state index in [1.165, 1.54) is 0 Å². The molecule has 0 fully saturated rings. The smallest absolute Gasteiger partial charge is 0.228 e. The predicted molar refractivity (Wildman–Crippen MR) is 132 cm³/mol. The third kappa shape index (κ3) is 6.37. The number of methoxy groups -OCH3 is 1. The lowest BCUT2D eigenvalue weighted by Crippen LogP contribution is -2.56. The molecule has 31 heavy (non-hydrogen) atoms. The van der Waals surface area contributed by atoms with Gasteiger partial charge in [0.1, 0.15) is 11.9 Å². The van der Waals surface area contributed by atoms with E-state index < -0.39 is 9.96 Å². The van der Waals surface area contributed by atoms with E-state index in [1.807, 2.05) is 54.6 Å². The van der Waals surface area contributed by atoms with Gasteiger partial charge in [-0.05, 0) is 40.7 Å². The number of carbonyl (C=O) groups is 1. The number of hydrogen-bond acceptors (Lipinski definition) is 3. The number of benzene rings is 3. The molecule has 3 aromatic rings. The third-order valence-electron chi connectivity index (χ3n) is 4.49. The molecule has 3 N–H and O–H groups in total. The van der Waals surface area contributed by atoms with E-state index in [1.54, 1.807) is 19.2 Å². The van der Waals surface area contributed by atoms with Crippen LogP contribution in [0.3, 0.4) is 0 Å². The Balaban J connectivity index is 1.69. The molecule has 0 bridgehead atoms. The summed E-state index contributed by atoms with van der Waals surface area (Å²) in [4.78, 5) is 12.7. The topological polar surface area (TPSA) is 62.4 Å². The Morgan fingerprint density at radius 3 is 2.42 bits per heavy atom. The molecular weight excluding hydrogens is 477 g/mol. The maximum Gasteiger partial charge on any atom is 0.228 e. The number of nitrogens with one attached hydrogen (secondary N) is 3. The van der Waals surface area contributed by atoms with Crippen molar-refractivity contribution in [3.8, 4) is 5.75 Å². The molecule has 0 saturated heterocycles. The van der Waals surface area contributed by atoms with E-state index in [0.717, 1.165) is 16.3 Å². The first-order valence-corrected chi connectivity index (χ1v) is 10.9. The highest BCUT2D eigenvalue weighted by Gasteiger charge is 2.34. The number of ether oxygens (including phenoxy) is 1. The lowest BCUT2D eigenvalue weighted by atomic mass is 10.0. The Kier molecular flexibility index (Phi) is 7.84. The Hall–Kier alpha value is -2.25. The van der Waals surface area contributed by atoms with Crippen molar-refractivity contribution in [2.24, 2.45) is 0 Å². The van der Waals surface area contributed by atoms with E-state index in [-0.39, 0.29) is 17.4 Å². The first-order chi connectivity index (χ1) is 14.8. The molecule has 9 heteroatoms. The molecule has 1 amide bonds. The summed E-state index contributed by atoms with van der Waals surface area (Å²) in [7, 11) is 1.55. The Morgan fingerprint density at radius 1 is 1.00 bits per heavy atom. The van der Waals surface area contributed by atoms with Crippen LogP contribution in [0.2, 0.25) is 0 Å². The second-order valence-electron chi connectivity index (χ2n) is 6.66. The molecule has 0 aliphatic heterocycles. The number of anilines is 1. The van der Waals surface area contributed by atoms with Gasteiger partial charge in [0.05, 0.1) is 19.2 Å². The zero-order chi connectivity index (χ0) is 22.4. The van der Waals surface area contributed by atoms with Crippen LogP contribution < -0.4 is 20.7 Å². The molecular formula is C22H20Cl3N3O2S. The molecule has 0 spiro atoms. The van der Waals surface area contributed by atoms with Crippen LogP contribution in [0.15, 0.2) is 66.7 Å². The highest BCUT2D eigenvalue weighted by atomic mass is 35.6. The molecule has 0 saturated carbocycles. The molecule has 0 aromatic heterocycles. The van der Waals surface area contributed by atoms with Gasteiger partial charge in [-0.3, -0.25) is 4.79 Å². The van der Waals surface area contributed by atoms with E-state index in [2.05, 4.69) is 16.0 Å². The number of fused-ring (bicyclic) bond motifs is 1. The summed E-state index contributed by atoms with van der Waals surface area (Å²) in [5.41, 5.74) is 1.50. The number of carbonyl (C=O) groups excluding carboxylic acids is 1. The molecule has 5 nitrogen and oxygen atoms in total. The fourth-order valence-electron chi connectivity index (χ4n) is 3.07. The Labute approximate surface area is 201 Å². The van der Waals surface area contributed by atoms with Crippen LogP contribution in [-0.2, 0) is 11.2 Å². The summed E-state index contributed by atoms with van der Waals surface area (Å²) in [6.45, 7) is 0. The van der Waals surface area contributed by atoms with Gasteiger partial charge in [-0.2, -0.15) is 0 Å².